The van der Waals surface area contributed by atoms with Crippen molar-refractivity contribution in [1.29, 1.82) is 0 Å². The fourth-order valence-corrected chi connectivity index (χ4v) is 4.41. The van der Waals surface area contributed by atoms with E-state index in [2.05, 4.69) is 4.74 Å². The number of esters is 1. The molecule has 0 spiro atoms. The molecule has 0 radical (unpaired) electrons. The van der Waals surface area contributed by atoms with Gasteiger partial charge in [-0.05, 0) is 43.9 Å². The summed E-state index contributed by atoms with van der Waals surface area (Å²) in [6, 6.07) is 3.02. The third-order valence-electron chi connectivity index (χ3n) is 4.21. The Kier molecular flexibility index (Phi) is 5.38. The average Bonchev–Trinajstić information content (AvgIpc) is 2.53. The highest BCUT2D eigenvalue weighted by molar-refractivity contribution is 7.89. The Morgan fingerprint density at radius 2 is 2.00 bits per heavy atom. The Hall–Kier alpha value is -1.51. The zero-order valence-electron chi connectivity index (χ0n) is 13.2. The van der Waals surface area contributed by atoms with Crippen molar-refractivity contribution in [2.75, 3.05) is 20.2 Å². The second-order valence-electron chi connectivity index (χ2n) is 5.73. The van der Waals surface area contributed by atoms with E-state index in [1.165, 1.54) is 4.31 Å². The molecule has 1 unspecified atom stereocenters. The zero-order valence-corrected chi connectivity index (χ0v) is 14.0. The number of nitrogens with zero attached hydrogens (tertiary/aromatic N) is 1. The van der Waals surface area contributed by atoms with E-state index in [0.29, 0.717) is 25.9 Å². The van der Waals surface area contributed by atoms with E-state index < -0.39 is 21.8 Å². The fraction of sp³-hybridized carbons (Fsp3) is 0.533. The largest absolute Gasteiger partial charge is 0.465 e. The number of nitrogens with two attached hydrogens (primary N) is 1. The summed E-state index contributed by atoms with van der Waals surface area (Å²) in [5, 5.41) is 0. The smallest absolute Gasteiger partial charge is 0.339 e. The van der Waals surface area contributed by atoms with Gasteiger partial charge in [0.15, 0.2) is 0 Å². The first-order valence-corrected chi connectivity index (χ1v) is 8.85. The predicted octanol–water partition coefficient (Wildman–Crippen LogP) is 1.36. The summed E-state index contributed by atoms with van der Waals surface area (Å²) >= 11 is 0. The molecule has 0 amide bonds. The van der Waals surface area contributed by atoms with Gasteiger partial charge in [-0.25, -0.2) is 17.6 Å². The van der Waals surface area contributed by atoms with Gasteiger partial charge in [0.25, 0.3) is 0 Å². The van der Waals surface area contributed by atoms with Gasteiger partial charge >= 0.3 is 5.97 Å². The predicted molar refractivity (Wildman–Crippen MR) is 82.9 cm³/mol. The number of hydrogen-bond acceptors (Lipinski definition) is 5. The number of halogens is 1. The molecular formula is C15H21FN2O4S. The van der Waals surface area contributed by atoms with Crippen molar-refractivity contribution >= 4 is 16.0 Å². The van der Waals surface area contributed by atoms with Crippen LogP contribution >= 0.6 is 0 Å². The average molecular weight is 344 g/mol. The van der Waals surface area contributed by atoms with Crippen molar-refractivity contribution in [3.63, 3.8) is 0 Å². The molecule has 1 aliphatic rings. The van der Waals surface area contributed by atoms with Crippen LogP contribution in [-0.2, 0) is 14.8 Å². The molecule has 6 nitrogen and oxygen atoms in total. The monoisotopic (exact) mass is 344 g/mol. The van der Waals surface area contributed by atoms with Crippen molar-refractivity contribution in [2.45, 2.75) is 30.7 Å². The molecule has 1 saturated heterocycles. The van der Waals surface area contributed by atoms with E-state index in [1.807, 2.05) is 6.92 Å². The van der Waals surface area contributed by atoms with Crippen molar-refractivity contribution in [2.24, 2.45) is 11.7 Å². The number of benzene rings is 1. The zero-order chi connectivity index (χ0) is 17.2. The molecule has 1 aromatic rings. The Labute approximate surface area is 135 Å². The van der Waals surface area contributed by atoms with Crippen molar-refractivity contribution < 1.29 is 22.3 Å². The van der Waals surface area contributed by atoms with Gasteiger partial charge in [-0.3, -0.25) is 0 Å². The van der Waals surface area contributed by atoms with E-state index in [9.17, 15) is 17.6 Å². The van der Waals surface area contributed by atoms with Crippen LogP contribution in [0.1, 0.15) is 30.1 Å². The lowest BCUT2D eigenvalue weighted by molar-refractivity contribution is 0.0595. The third-order valence-corrected chi connectivity index (χ3v) is 6.16. The minimum atomic E-state index is -3.89. The first-order valence-electron chi connectivity index (χ1n) is 7.41. The molecule has 1 fully saturated rings. The summed E-state index contributed by atoms with van der Waals surface area (Å²) in [7, 11) is -2.77. The van der Waals surface area contributed by atoms with E-state index in [-0.39, 0.29) is 22.4 Å². The fourth-order valence-electron chi connectivity index (χ4n) is 2.78. The highest BCUT2D eigenvalue weighted by Crippen LogP contribution is 2.27. The summed E-state index contributed by atoms with van der Waals surface area (Å²) in [6.45, 7) is 2.56. The molecule has 2 N–H and O–H groups in total. The van der Waals surface area contributed by atoms with Crippen molar-refractivity contribution in [1.82, 2.24) is 4.31 Å². The number of methoxy groups -OCH3 is 1. The Morgan fingerprint density at radius 1 is 1.39 bits per heavy atom. The summed E-state index contributed by atoms with van der Waals surface area (Å²) in [4.78, 5) is 11.5. The van der Waals surface area contributed by atoms with Crippen LogP contribution in [0.5, 0.6) is 0 Å². The molecule has 8 heteroatoms. The van der Waals surface area contributed by atoms with Gasteiger partial charge in [-0.15, -0.1) is 0 Å². The normalized spacial score (nSPS) is 18.6. The standard InChI is InChI=1S/C15H21FN2O4S/c1-10(17)11-5-7-18(8-6-11)23(20,21)14-4-3-12(16)9-13(14)15(19)22-2/h3-4,9-11H,5-8,17H2,1-2H3. The van der Waals surface area contributed by atoms with Crippen LogP contribution in [-0.4, -0.2) is 44.9 Å². The molecule has 0 aromatic heterocycles. The molecule has 128 valence electrons. The van der Waals surface area contributed by atoms with E-state index in [0.717, 1.165) is 25.3 Å². The van der Waals surface area contributed by atoms with Gasteiger partial charge in [-0.2, -0.15) is 4.31 Å². The van der Waals surface area contributed by atoms with Crippen molar-refractivity contribution in [3.05, 3.63) is 29.6 Å². The molecule has 0 saturated carbocycles. The van der Waals surface area contributed by atoms with Crippen LogP contribution in [0.3, 0.4) is 0 Å². The van der Waals surface area contributed by atoms with E-state index in [4.69, 9.17) is 5.73 Å². The SMILES string of the molecule is COC(=O)c1cc(F)ccc1S(=O)(=O)N1CCC(C(C)N)CC1. The summed E-state index contributed by atoms with van der Waals surface area (Å²) in [5.74, 6) is -1.30. The van der Waals surface area contributed by atoms with Crippen LogP contribution in [0.15, 0.2) is 23.1 Å². The lowest BCUT2D eigenvalue weighted by atomic mass is 9.92. The van der Waals surface area contributed by atoms with Crippen LogP contribution in [0.25, 0.3) is 0 Å². The number of ether oxygens (including phenoxy) is 1. The van der Waals surface area contributed by atoms with Gasteiger partial charge < -0.3 is 10.5 Å². The Balaban J connectivity index is 2.32. The maximum absolute atomic E-state index is 13.4. The summed E-state index contributed by atoms with van der Waals surface area (Å²) in [5.41, 5.74) is 5.57. The highest BCUT2D eigenvalue weighted by Gasteiger charge is 2.33. The Bertz CT molecular complexity index is 683. The van der Waals surface area contributed by atoms with E-state index in [1.54, 1.807) is 0 Å². The molecule has 1 aliphatic heterocycles. The maximum atomic E-state index is 13.4. The second-order valence-corrected chi connectivity index (χ2v) is 7.64. The number of piperidine rings is 1. The summed E-state index contributed by atoms with van der Waals surface area (Å²) in [6.07, 6.45) is 1.32. The number of carbonyl (C=O) groups is 1. The number of rotatable bonds is 4. The minimum absolute atomic E-state index is 0.0105. The lowest BCUT2D eigenvalue weighted by Crippen LogP contribution is -2.42. The van der Waals surface area contributed by atoms with Gasteiger partial charge in [0, 0.05) is 19.1 Å². The lowest BCUT2D eigenvalue weighted by Gasteiger charge is -2.33. The number of hydrogen-bond donors (Lipinski definition) is 1. The third kappa shape index (κ3) is 3.70. The van der Waals surface area contributed by atoms with Gasteiger partial charge in [-0.1, -0.05) is 0 Å². The number of sulfonamides is 1. The maximum Gasteiger partial charge on any atom is 0.339 e. The van der Waals surface area contributed by atoms with Crippen LogP contribution in [0, 0.1) is 11.7 Å². The topological polar surface area (TPSA) is 89.7 Å². The van der Waals surface area contributed by atoms with E-state index >= 15 is 0 Å². The summed E-state index contributed by atoms with van der Waals surface area (Å²) < 4.78 is 44.8. The van der Waals surface area contributed by atoms with Gasteiger partial charge in [0.1, 0.15) is 5.82 Å². The number of carbonyl (C=O) groups excluding carboxylic acids is 1. The molecule has 23 heavy (non-hydrogen) atoms. The molecule has 0 aliphatic carbocycles. The van der Waals surface area contributed by atoms with Crippen LogP contribution in [0.4, 0.5) is 4.39 Å². The van der Waals surface area contributed by atoms with Crippen LogP contribution in [0.2, 0.25) is 0 Å². The molecule has 2 rings (SSSR count). The molecular weight excluding hydrogens is 323 g/mol. The quantitative estimate of drug-likeness (QED) is 0.833. The van der Waals surface area contributed by atoms with Crippen LogP contribution < -0.4 is 5.73 Å². The second kappa shape index (κ2) is 6.94. The molecule has 1 aromatic carbocycles. The first kappa shape index (κ1) is 17.8. The highest BCUT2D eigenvalue weighted by atomic mass is 32.2. The molecule has 0 bridgehead atoms. The Morgan fingerprint density at radius 3 is 2.52 bits per heavy atom. The van der Waals surface area contributed by atoms with Gasteiger partial charge in [0.05, 0.1) is 17.6 Å². The van der Waals surface area contributed by atoms with Crippen molar-refractivity contribution in [3.8, 4) is 0 Å². The molecule has 1 atom stereocenters. The minimum Gasteiger partial charge on any atom is -0.465 e. The molecule has 1 heterocycles. The van der Waals surface area contributed by atoms with Gasteiger partial charge in [0.2, 0.25) is 10.0 Å². The first-order chi connectivity index (χ1) is 10.8.